The minimum Gasteiger partial charge on any atom is -0.369 e. The van der Waals surface area contributed by atoms with E-state index in [2.05, 4.69) is 37.4 Å². The fourth-order valence-electron chi connectivity index (χ4n) is 2.91. The van der Waals surface area contributed by atoms with Crippen LogP contribution in [0.25, 0.3) is 0 Å². The van der Waals surface area contributed by atoms with Crippen LogP contribution in [0.2, 0.25) is 0 Å². The first-order valence-electron chi connectivity index (χ1n) is 7.85. The summed E-state index contributed by atoms with van der Waals surface area (Å²) >= 11 is 0. The average Bonchev–Trinajstić information content (AvgIpc) is 2.49. The van der Waals surface area contributed by atoms with Gasteiger partial charge in [0.15, 0.2) is 0 Å². The van der Waals surface area contributed by atoms with Gasteiger partial charge in [-0.25, -0.2) is 4.79 Å². The number of aryl methyl sites for hydroxylation is 2. The summed E-state index contributed by atoms with van der Waals surface area (Å²) in [6, 6.07) is 6.33. The molecule has 1 aromatic carbocycles. The third-order valence-electron chi connectivity index (χ3n) is 4.35. The minimum absolute atomic E-state index is 0.0484. The molecular weight excluding hydrogens is 278 g/mol. The molecule has 0 saturated carbocycles. The Kier molecular flexibility index (Phi) is 5.41. The number of benzene rings is 1. The molecule has 1 fully saturated rings. The van der Waals surface area contributed by atoms with E-state index in [9.17, 15) is 9.59 Å². The number of nitrogens with zero attached hydrogens (tertiary/aromatic N) is 1. The summed E-state index contributed by atoms with van der Waals surface area (Å²) in [5.74, 6) is -0.339. The highest BCUT2D eigenvalue weighted by atomic mass is 16.2. The van der Waals surface area contributed by atoms with E-state index < -0.39 is 0 Å². The largest absolute Gasteiger partial charge is 0.369 e. The van der Waals surface area contributed by atoms with Crippen LogP contribution in [-0.4, -0.2) is 36.5 Å². The number of nitrogens with two attached hydrogens (primary N) is 1. The molecule has 22 heavy (non-hydrogen) atoms. The molecule has 0 atom stereocenters. The van der Waals surface area contributed by atoms with Crippen LogP contribution in [-0.2, 0) is 11.2 Å². The molecule has 1 aliphatic heterocycles. The Labute approximate surface area is 131 Å². The number of urea groups is 1. The van der Waals surface area contributed by atoms with Gasteiger partial charge in [-0.05, 0) is 44.2 Å². The van der Waals surface area contributed by atoms with E-state index in [-0.39, 0.29) is 17.9 Å². The van der Waals surface area contributed by atoms with Crippen molar-refractivity contribution in [1.29, 1.82) is 0 Å². The zero-order chi connectivity index (χ0) is 16.1. The fraction of sp³-hybridized carbons (Fsp3) is 0.529. The third-order valence-corrected chi connectivity index (χ3v) is 4.35. The second-order valence-corrected chi connectivity index (χ2v) is 6.08. The van der Waals surface area contributed by atoms with Gasteiger partial charge in [0.2, 0.25) is 5.91 Å². The molecule has 0 spiro atoms. The Bertz CT molecular complexity index is 549. The van der Waals surface area contributed by atoms with E-state index >= 15 is 0 Å². The smallest absolute Gasteiger partial charge is 0.317 e. The van der Waals surface area contributed by atoms with Crippen molar-refractivity contribution in [3.63, 3.8) is 0 Å². The van der Waals surface area contributed by atoms with Crippen LogP contribution in [0.4, 0.5) is 4.79 Å². The Morgan fingerprint density at radius 2 is 1.95 bits per heavy atom. The minimum atomic E-state index is -0.255. The molecule has 0 radical (unpaired) electrons. The van der Waals surface area contributed by atoms with Crippen LogP contribution < -0.4 is 11.1 Å². The van der Waals surface area contributed by atoms with Crippen LogP contribution in [0.1, 0.15) is 29.5 Å². The summed E-state index contributed by atoms with van der Waals surface area (Å²) in [6.45, 7) is 6.00. The van der Waals surface area contributed by atoms with Gasteiger partial charge in [-0.3, -0.25) is 4.79 Å². The highest BCUT2D eigenvalue weighted by Gasteiger charge is 2.25. The topological polar surface area (TPSA) is 75.4 Å². The van der Waals surface area contributed by atoms with Crippen molar-refractivity contribution < 1.29 is 9.59 Å². The Morgan fingerprint density at radius 1 is 1.27 bits per heavy atom. The van der Waals surface area contributed by atoms with Gasteiger partial charge >= 0.3 is 6.03 Å². The summed E-state index contributed by atoms with van der Waals surface area (Å²) in [5, 5.41) is 2.96. The Hall–Kier alpha value is -2.04. The molecule has 1 heterocycles. The molecule has 0 aliphatic carbocycles. The molecule has 3 amide bonds. The number of carbonyl (C=O) groups excluding carboxylic acids is 2. The number of hydrogen-bond donors (Lipinski definition) is 2. The van der Waals surface area contributed by atoms with Crippen LogP contribution in [0.5, 0.6) is 0 Å². The zero-order valence-electron chi connectivity index (χ0n) is 13.4. The fourth-order valence-corrected chi connectivity index (χ4v) is 2.91. The monoisotopic (exact) mass is 303 g/mol. The second kappa shape index (κ2) is 7.29. The lowest BCUT2D eigenvalue weighted by Crippen LogP contribution is -2.46. The van der Waals surface area contributed by atoms with Gasteiger partial charge in [-0.1, -0.05) is 23.8 Å². The summed E-state index contributed by atoms with van der Waals surface area (Å²) < 4.78 is 0. The summed E-state index contributed by atoms with van der Waals surface area (Å²) in [5.41, 5.74) is 9.08. The third kappa shape index (κ3) is 4.23. The van der Waals surface area contributed by atoms with E-state index in [0.717, 1.165) is 6.42 Å². The predicted molar refractivity (Wildman–Crippen MR) is 86.5 cm³/mol. The van der Waals surface area contributed by atoms with E-state index in [1.165, 1.54) is 16.7 Å². The van der Waals surface area contributed by atoms with Crippen molar-refractivity contribution in [3.8, 4) is 0 Å². The number of primary amides is 1. The lowest BCUT2D eigenvalue weighted by molar-refractivity contribution is -0.123. The highest BCUT2D eigenvalue weighted by molar-refractivity contribution is 5.78. The van der Waals surface area contributed by atoms with E-state index in [1.807, 2.05) is 0 Å². The summed E-state index contributed by atoms with van der Waals surface area (Å²) in [7, 11) is 0. The molecule has 1 aromatic rings. The summed E-state index contributed by atoms with van der Waals surface area (Å²) in [4.78, 5) is 25.0. The molecule has 0 aromatic heterocycles. The maximum absolute atomic E-state index is 12.1. The van der Waals surface area contributed by atoms with E-state index in [0.29, 0.717) is 32.5 Å². The zero-order valence-corrected chi connectivity index (χ0v) is 13.4. The SMILES string of the molecule is Cc1ccc(CCNC(=O)N2CCC(C(N)=O)CC2)c(C)c1. The molecule has 0 bridgehead atoms. The first-order valence-corrected chi connectivity index (χ1v) is 7.85. The van der Waals surface area contributed by atoms with Crippen LogP contribution in [0.3, 0.4) is 0 Å². The van der Waals surface area contributed by atoms with Gasteiger partial charge in [0.05, 0.1) is 0 Å². The normalized spacial score (nSPS) is 15.6. The van der Waals surface area contributed by atoms with E-state index in [1.54, 1.807) is 4.90 Å². The van der Waals surface area contributed by atoms with Gasteiger partial charge in [-0.2, -0.15) is 0 Å². The van der Waals surface area contributed by atoms with E-state index in [4.69, 9.17) is 5.73 Å². The van der Waals surface area contributed by atoms with Crippen LogP contribution in [0.15, 0.2) is 18.2 Å². The number of hydrogen-bond acceptors (Lipinski definition) is 2. The van der Waals surface area contributed by atoms with Gasteiger partial charge in [0.1, 0.15) is 0 Å². The Balaban J connectivity index is 1.75. The second-order valence-electron chi connectivity index (χ2n) is 6.08. The number of piperidine rings is 1. The maximum atomic E-state index is 12.1. The number of likely N-dealkylation sites (tertiary alicyclic amines) is 1. The van der Waals surface area contributed by atoms with Crippen LogP contribution >= 0.6 is 0 Å². The molecule has 0 unspecified atom stereocenters. The maximum Gasteiger partial charge on any atom is 0.317 e. The Morgan fingerprint density at radius 3 is 2.55 bits per heavy atom. The van der Waals surface area contributed by atoms with Gasteiger partial charge in [0, 0.05) is 25.6 Å². The molecule has 2 rings (SSSR count). The quantitative estimate of drug-likeness (QED) is 0.889. The molecular formula is C17H25N3O2. The molecule has 3 N–H and O–H groups in total. The first kappa shape index (κ1) is 16.3. The molecule has 5 nitrogen and oxygen atoms in total. The van der Waals surface area contributed by atoms with Crippen molar-refractivity contribution in [2.75, 3.05) is 19.6 Å². The molecule has 1 aliphatic rings. The number of carbonyl (C=O) groups is 2. The average molecular weight is 303 g/mol. The lowest BCUT2D eigenvalue weighted by Gasteiger charge is -2.30. The molecule has 5 heteroatoms. The van der Waals surface area contributed by atoms with Crippen molar-refractivity contribution in [2.45, 2.75) is 33.1 Å². The lowest BCUT2D eigenvalue weighted by atomic mass is 9.96. The predicted octanol–water partition coefficient (Wildman–Crippen LogP) is 1.75. The van der Waals surface area contributed by atoms with Gasteiger partial charge < -0.3 is 16.0 Å². The number of nitrogens with one attached hydrogen (secondary N) is 1. The molecule has 1 saturated heterocycles. The number of amides is 3. The van der Waals surface area contributed by atoms with Gasteiger partial charge in [-0.15, -0.1) is 0 Å². The molecule has 120 valence electrons. The van der Waals surface area contributed by atoms with Crippen molar-refractivity contribution in [2.24, 2.45) is 11.7 Å². The van der Waals surface area contributed by atoms with Crippen molar-refractivity contribution >= 4 is 11.9 Å². The summed E-state index contributed by atoms with van der Waals surface area (Å²) in [6.07, 6.45) is 2.16. The van der Waals surface area contributed by atoms with Gasteiger partial charge in [0.25, 0.3) is 0 Å². The van der Waals surface area contributed by atoms with Crippen molar-refractivity contribution in [1.82, 2.24) is 10.2 Å². The standard InChI is InChI=1S/C17H25N3O2/c1-12-3-4-14(13(2)11-12)5-8-19-17(22)20-9-6-15(7-10-20)16(18)21/h3-4,11,15H,5-10H2,1-2H3,(H2,18,21)(H,19,22). The van der Waals surface area contributed by atoms with Crippen molar-refractivity contribution in [3.05, 3.63) is 34.9 Å². The first-order chi connectivity index (χ1) is 10.5. The van der Waals surface area contributed by atoms with Crippen LogP contribution in [0, 0.1) is 19.8 Å². The highest BCUT2D eigenvalue weighted by Crippen LogP contribution is 2.16. The number of rotatable bonds is 4.